The van der Waals surface area contributed by atoms with E-state index >= 15 is 0 Å². The summed E-state index contributed by atoms with van der Waals surface area (Å²) in [5.74, 6) is -3.82. The van der Waals surface area contributed by atoms with E-state index < -0.39 is 30.1 Å². The number of thiol groups is 9. The van der Waals surface area contributed by atoms with Crippen molar-refractivity contribution >= 4 is 158 Å². The van der Waals surface area contributed by atoms with Gasteiger partial charge in [0.05, 0.1) is 17.9 Å². The fraction of sp³-hybridized carbons (Fsp3) is 0.909. The molecule has 0 rings (SSSR count). The molecule has 0 saturated heterocycles. The maximum atomic E-state index is 10.7. The van der Waals surface area contributed by atoms with E-state index in [0.29, 0.717) is 19.3 Å². The second kappa shape index (κ2) is 34.9. The van der Waals surface area contributed by atoms with Gasteiger partial charge in [-0.05, 0) is 19.3 Å². The Hall–Kier alpha value is 2.44. The molecule has 0 heterocycles. The molecular formula is C33H63BiO6S9. The van der Waals surface area contributed by atoms with Crippen molar-refractivity contribution in [1.82, 2.24) is 0 Å². The molecule has 0 N–H and O–H groups in total. The Morgan fingerprint density at radius 2 is 0.571 bits per heavy atom. The third-order valence-electron chi connectivity index (χ3n) is 7.79. The second-order valence-electron chi connectivity index (χ2n) is 12.3. The monoisotopic (exact) mass is 1050 g/mol. The molecule has 290 valence electrons. The van der Waals surface area contributed by atoms with E-state index in [0.717, 1.165) is 38.5 Å². The Balaban J connectivity index is -0.000000307. The van der Waals surface area contributed by atoms with Gasteiger partial charge in [-0.15, -0.1) is 0 Å². The minimum atomic E-state index is -1.44. The summed E-state index contributed by atoms with van der Waals surface area (Å²) in [5, 5.41) is 31.0. The zero-order chi connectivity index (χ0) is 37.8. The van der Waals surface area contributed by atoms with Crippen LogP contribution in [0.25, 0.3) is 0 Å². The van der Waals surface area contributed by atoms with E-state index in [1.54, 1.807) is 0 Å². The molecule has 0 aromatic carbocycles. The van der Waals surface area contributed by atoms with Crippen molar-refractivity contribution in [3.63, 3.8) is 0 Å². The molecule has 0 fully saturated rings. The standard InChI is InChI=1S/3C11H22O2S3.Bi/c3*1-2-3-4-5-6-7-8-9(14)11(15,16)10(12)13;/h3*9,14-16H,2-8H2,1H3,(H,12,13);/q;;;+3/p-3. The van der Waals surface area contributed by atoms with Crippen LogP contribution in [-0.2, 0) is 14.4 Å². The molecule has 0 spiro atoms. The van der Waals surface area contributed by atoms with E-state index in [2.05, 4.69) is 134 Å². The zero-order valence-electron chi connectivity index (χ0n) is 29.5. The van der Waals surface area contributed by atoms with Gasteiger partial charge in [0.1, 0.15) is 12.2 Å². The first-order chi connectivity index (χ1) is 22.3. The van der Waals surface area contributed by atoms with Crippen molar-refractivity contribution in [3.8, 4) is 0 Å². The first-order valence-electron chi connectivity index (χ1n) is 17.3. The number of aliphatic carboxylic acids is 3. The molecule has 0 aliphatic heterocycles. The van der Waals surface area contributed by atoms with Crippen LogP contribution in [0.3, 0.4) is 0 Å². The number of unbranched alkanes of at least 4 members (excludes halogenated alkanes) is 15. The molecule has 0 amide bonds. The van der Waals surface area contributed by atoms with Crippen LogP contribution >= 0.6 is 114 Å². The van der Waals surface area contributed by atoms with Crippen LogP contribution in [0.15, 0.2) is 0 Å². The SMILES string of the molecule is CCCCCCCCC(S)C(S)(S)C(=O)[O-].CCCCCCCCC(S)C(S)(S)C(=O)[O-].CCCCCCCCC(S)C(S)(S)C(=O)[O-].[Bi+3]. The van der Waals surface area contributed by atoms with Gasteiger partial charge in [0.25, 0.3) is 0 Å². The largest absolute Gasteiger partial charge is 3.00 e. The fourth-order valence-corrected chi connectivity index (χ4v) is 6.00. The van der Waals surface area contributed by atoms with Gasteiger partial charge in [0.15, 0.2) is 0 Å². The van der Waals surface area contributed by atoms with Gasteiger partial charge in [-0.25, -0.2) is 0 Å². The van der Waals surface area contributed by atoms with E-state index in [1.165, 1.54) is 77.0 Å². The number of carbonyl (C=O) groups is 3. The molecule has 0 aliphatic carbocycles. The molecule has 2 radical (unpaired) electrons. The molecule has 49 heavy (non-hydrogen) atoms. The first-order valence-corrected chi connectivity index (χ1v) is 21.5. The average molecular weight is 1050 g/mol. The van der Waals surface area contributed by atoms with Gasteiger partial charge in [-0.2, -0.15) is 114 Å². The van der Waals surface area contributed by atoms with Crippen molar-refractivity contribution in [3.05, 3.63) is 0 Å². The van der Waals surface area contributed by atoms with E-state index in [1.807, 2.05) is 0 Å². The number of carboxylic acids is 3. The minimum absolute atomic E-state index is 0. The van der Waals surface area contributed by atoms with Crippen molar-refractivity contribution in [2.75, 3.05) is 0 Å². The summed E-state index contributed by atoms with van der Waals surface area (Å²) in [6, 6.07) is 0. The van der Waals surface area contributed by atoms with Crippen LogP contribution in [0.2, 0.25) is 0 Å². The predicted octanol–water partition coefficient (Wildman–Crippen LogP) is 6.64. The molecule has 0 aliphatic rings. The minimum Gasteiger partial charge on any atom is -0.548 e. The van der Waals surface area contributed by atoms with Crippen LogP contribution in [0.1, 0.15) is 156 Å². The van der Waals surface area contributed by atoms with Gasteiger partial charge < -0.3 is 29.7 Å². The summed E-state index contributed by atoms with van der Waals surface area (Å²) in [7, 11) is 0. The van der Waals surface area contributed by atoms with Gasteiger partial charge in [0.2, 0.25) is 0 Å². The maximum Gasteiger partial charge on any atom is 3.00 e. The summed E-state index contributed by atoms with van der Waals surface area (Å²) in [4.78, 5) is 32.2. The van der Waals surface area contributed by atoms with Crippen LogP contribution in [0.5, 0.6) is 0 Å². The zero-order valence-corrected chi connectivity index (χ0v) is 41.0. The summed E-state index contributed by atoms with van der Waals surface area (Å²) >= 11 is 36.4. The van der Waals surface area contributed by atoms with Gasteiger partial charge in [-0.1, -0.05) is 136 Å². The Labute approximate surface area is 367 Å². The van der Waals surface area contributed by atoms with Crippen LogP contribution in [0.4, 0.5) is 0 Å². The molecule has 0 saturated carbocycles. The first kappa shape index (κ1) is 58.2. The molecule has 3 atom stereocenters. The molecule has 6 nitrogen and oxygen atoms in total. The third kappa shape index (κ3) is 30.4. The van der Waals surface area contributed by atoms with Crippen LogP contribution < -0.4 is 15.3 Å². The van der Waals surface area contributed by atoms with E-state index in [-0.39, 0.29) is 42.0 Å². The molecular weight excluding hydrogens is 990 g/mol. The van der Waals surface area contributed by atoms with Crippen LogP contribution in [0, 0.1) is 0 Å². The number of carbonyl (C=O) groups excluding carboxylic acids is 3. The smallest absolute Gasteiger partial charge is 0.548 e. The quantitative estimate of drug-likeness (QED) is 0.0197. The number of hydrogen-bond donors (Lipinski definition) is 9. The Kier molecular flexibility index (Phi) is 41.4. The molecule has 0 aromatic heterocycles. The fourth-order valence-electron chi connectivity index (χ4n) is 4.37. The predicted molar refractivity (Wildman–Crippen MR) is 235 cm³/mol. The summed E-state index contributed by atoms with van der Waals surface area (Å²) in [6.07, 6.45) is 23.2. The number of rotatable bonds is 27. The molecule has 0 aromatic rings. The second-order valence-corrected chi connectivity index (χ2v) is 19.4. The van der Waals surface area contributed by atoms with Crippen molar-refractivity contribution < 1.29 is 29.7 Å². The summed E-state index contributed by atoms with van der Waals surface area (Å²) < 4.78 is -4.31. The molecule has 3 unspecified atom stereocenters. The number of hydrogen-bond acceptors (Lipinski definition) is 15. The molecule has 0 bridgehead atoms. The van der Waals surface area contributed by atoms with Crippen LogP contribution in [-0.4, -0.2) is 72.1 Å². The third-order valence-corrected chi connectivity index (χ3v) is 13.9. The van der Waals surface area contributed by atoms with Gasteiger partial charge in [-0.3, -0.25) is 0 Å². The normalized spacial score (nSPS) is 13.5. The number of carboxylic acid groups (broad SMARTS) is 3. The van der Waals surface area contributed by atoms with E-state index in [9.17, 15) is 29.7 Å². The average Bonchev–Trinajstić information content (AvgIpc) is 3.02. The van der Waals surface area contributed by atoms with Crippen molar-refractivity contribution in [2.24, 2.45) is 0 Å². The Bertz CT molecular complexity index is 734. The van der Waals surface area contributed by atoms with Crippen molar-refractivity contribution in [1.29, 1.82) is 0 Å². The van der Waals surface area contributed by atoms with Crippen molar-refractivity contribution in [2.45, 2.75) is 184 Å². The molecule has 16 heteroatoms. The Morgan fingerprint density at radius 1 is 0.408 bits per heavy atom. The summed E-state index contributed by atoms with van der Waals surface area (Å²) in [5.41, 5.74) is 0. The summed E-state index contributed by atoms with van der Waals surface area (Å²) in [6.45, 7) is 6.54. The maximum absolute atomic E-state index is 10.7. The van der Waals surface area contributed by atoms with Gasteiger partial charge in [0, 0.05) is 15.7 Å². The van der Waals surface area contributed by atoms with Gasteiger partial charge >= 0.3 is 26.2 Å². The topological polar surface area (TPSA) is 120 Å². The van der Waals surface area contributed by atoms with E-state index in [4.69, 9.17) is 0 Å². The Morgan fingerprint density at radius 3 is 0.735 bits per heavy atom.